The molecule has 5 nitrogen and oxygen atoms in total. The lowest BCUT2D eigenvalue weighted by Crippen LogP contribution is -2.04. The number of nitrogens with zero attached hydrogens (tertiary/aromatic N) is 4. The Morgan fingerprint density at radius 1 is 1.40 bits per heavy atom. The fourth-order valence-electron chi connectivity index (χ4n) is 1.16. The van der Waals surface area contributed by atoms with Crippen LogP contribution in [0, 0.1) is 3.57 Å². The Labute approximate surface area is 101 Å². The van der Waals surface area contributed by atoms with Gasteiger partial charge in [0.05, 0.1) is 22.2 Å². The van der Waals surface area contributed by atoms with Crippen LogP contribution in [0.1, 0.15) is 6.92 Å². The van der Waals surface area contributed by atoms with Crippen molar-refractivity contribution in [1.82, 2.24) is 19.7 Å². The third-order valence-corrected chi connectivity index (χ3v) is 2.32. The summed E-state index contributed by atoms with van der Waals surface area (Å²) in [5, 5.41) is 7.27. The van der Waals surface area contributed by atoms with Crippen LogP contribution in [0.3, 0.4) is 0 Å². The second-order valence-corrected chi connectivity index (χ2v) is 4.14. The first-order valence-electron chi connectivity index (χ1n) is 4.56. The van der Waals surface area contributed by atoms with Gasteiger partial charge in [-0.25, -0.2) is 9.67 Å². The van der Waals surface area contributed by atoms with Gasteiger partial charge in [0.15, 0.2) is 5.82 Å². The molecule has 0 radical (unpaired) electrons. The number of nitrogens with one attached hydrogen (secondary N) is 1. The molecule has 0 aromatic carbocycles. The predicted molar refractivity (Wildman–Crippen MR) is 66.0 cm³/mol. The van der Waals surface area contributed by atoms with Crippen molar-refractivity contribution >= 4 is 28.4 Å². The first kappa shape index (κ1) is 10.3. The molecule has 2 rings (SSSR count). The van der Waals surface area contributed by atoms with Crippen LogP contribution >= 0.6 is 22.6 Å². The topological polar surface area (TPSA) is 55.6 Å². The minimum atomic E-state index is 0.719. The number of rotatable bonds is 3. The molecule has 0 spiro atoms. The van der Waals surface area contributed by atoms with E-state index in [0.29, 0.717) is 0 Å². The molecule has 0 saturated carbocycles. The molecule has 0 amide bonds. The van der Waals surface area contributed by atoms with Crippen LogP contribution in [0.15, 0.2) is 24.8 Å². The second kappa shape index (κ2) is 4.56. The zero-order valence-corrected chi connectivity index (χ0v) is 10.3. The van der Waals surface area contributed by atoms with E-state index in [4.69, 9.17) is 0 Å². The molecule has 0 aliphatic heterocycles. The Hall–Kier alpha value is -1.18. The maximum absolute atomic E-state index is 4.37. The lowest BCUT2D eigenvalue weighted by molar-refractivity contribution is 0.837. The number of halogens is 1. The third kappa shape index (κ3) is 2.44. The van der Waals surface area contributed by atoms with Crippen LogP contribution in [0.5, 0.6) is 0 Å². The maximum Gasteiger partial charge on any atom is 0.174 e. The van der Waals surface area contributed by atoms with Gasteiger partial charge >= 0.3 is 0 Å². The Bertz CT molecular complexity index is 453. The van der Waals surface area contributed by atoms with Gasteiger partial charge in [-0.15, -0.1) is 0 Å². The molecule has 0 atom stereocenters. The van der Waals surface area contributed by atoms with Gasteiger partial charge in [0.25, 0.3) is 0 Å². The highest BCUT2D eigenvalue weighted by Crippen LogP contribution is 2.08. The fourth-order valence-corrected chi connectivity index (χ4v) is 1.55. The van der Waals surface area contributed by atoms with Crippen molar-refractivity contribution < 1.29 is 0 Å². The van der Waals surface area contributed by atoms with E-state index in [1.807, 2.05) is 13.1 Å². The van der Waals surface area contributed by atoms with E-state index < -0.39 is 0 Å². The summed E-state index contributed by atoms with van der Waals surface area (Å²) in [6.45, 7) is 2.85. The number of anilines is 1. The summed E-state index contributed by atoms with van der Waals surface area (Å²) in [6, 6.07) is 0. The molecular weight excluding hydrogens is 305 g/mol. The highest BCUT2D eigenvalue weighted by Gasteiger charge is 2.01. The van der Waals surface area contributed by atoms with Gasteiger partial charge in [-0.1, -0.05) is 0 Å². The summed E-state index contributed by atoms with van der Waals surface area (Å²) < 4.78 is 2.78. The first-order valence-corrected chi connectivity index (χ1v) is 5.64. The van der Waals surface area contributed by atoms with Crippen molar-refractivity contribution in [2.45, 2.75) is 6.92 Å². The van der Waals surface area contributed by atoms with Crippen molar-refractivity contribution in [2.24, 2.45) is 0 Å². The van der Waals surface area contributed by atoms with Crippen LogP contribution < -0.4 is 5.32 Å². The van der Waals surface area contributed by atoms with Gasteiger partial charge in [-0.2, -0.15) is 5.10 Å². The van der Waals surface area contributed by atoms with Gasteiger partial charge in [0.1, 0.15) is 5.82 Å². The monoisotopic (exact) mass is 315 g/mol. The molecule has 2 heterocycles. The predicted octanol–water partition coefficient (Wildman–Crippen LogP) is 1.70. The number of hydrogen-bond donors (Lipinski definition) is 1. The minimum absolute atomic E-state index is 0.719. The quantitative estimate of drug-likeness (QED) is 0.876. The van der Waals surface area contributed by atoms with Gasteiger partial charge in [-0.05, 0) is 29.5 Å². The van der Waals surface area contributed by atoms with Gasteiger partial charge < -0.3 is 5.32 Å². The van der Waals surface area contributed by atoms with Gasteiger partial charge in [0.2, 0.25) is 0 Å². The van der Waals surface area contributed by atoms with Crippen molar-refractivity contribution in [3.05, 3.63) is 28.4 Å². The summed E-state index contributed by atoms with van der Waals surface area (Å²) in [6.07, 6.45) is 7.06. The van der Waals surface area contributed by atoms with E-state index in [1.165, 1.54) is 0 Å². The van der Waals surface area contributed by atoms with E-state index in [0.717, 1.165) is 21.8 Å². The standard InChI is InChI=1S/C9H10IN5/c1-2-12-8-4-11-5-9(14-8)15-6-7(10)3-13-15/h3-6H,2H2,1H3,(H,12,14). The van der Waals surface area contributed by atoms with Crippen molar-refractivity contribution in [2.75, 3.05) is 11.9 Å². The van der Waals surface area contributed by atoms with E-state index in [1.54, 1.807) is 23.3 Å². The van der Waals surface area contributed by atoms with Crippen LogP contribution in [0.4, 0.5) is 5.82 Å². The molecule has 0 bridgehead atoms. The summed E-state index contributed by atoms with van der Waals surface area (Å²) >= 11 is 2.21. The molecule has 0 saturated heterocycles. The largest absolute Gasteiger partial charge is 0.369 e. The zero-order valence-electron chi connectivity index (χ0n) is 8.18. The number of hydrogen-bond acceptors (Lipinski definition) is 4. The molecule has 6 heteroatoms. The maximum atomic E-state index is 4.37. The highest BCUT2D eigenvalue weighted by molar-refractivity contribution is 14.1. The lowest BCUT2D eigenvalue weighted by Gasteiger charge is -2.03. The van der Waals surface area contributed by atoms with Crippen LogP contribution in [0.2, 0.25) is 0 Å². The first-order chi connectivity index (χ1) is 7.29. The summed E-state index contributed by atoms with van der Waals surface area (Å²) in [7, 11) is 0. The smallest absolute Gasteiger partial charge is 0.174 e. The Morgan fingerprint density at radius 3 is 2.93 bits per heavy atom. The Balaban J connectivity index is 2.32. The van der Waals surface area contributed by atoms with Crippen molar-refractivity contribution in [3.8, 4) is 5.82 Å². The summed E-state index contributed by atoms with van der Waals surface area (Å²) in [5.74, 6) is 1.48. The van der Waals surface area contributed by atoms with E-state index in [9.17, 15) is 0 Å². The molecule has 0 aliphatic carbocycles. The lowest BCUT2D eigenvalue weighted by atomic mass is 10.6. The molecule has 2 aromatic rings. The van der Waals surface area contributed by atoms with Crippen LogP contribution in [-0.2, 0) is 0 Å². The Kier molecular flexibility index (Phi) is 3.14. The van der Waals surface area contributed by atoms with Gasteiger partial charge in [0, 0.05) is 12.7 Å². The van der Waals surface area contributed by atoms with Crippen molar-refractivity contribution in [3.63, 3.8) is 0 Å². The molecule has 0 fully saturated rings. The molecule has 2 aromatic heterocycles. The van der Waals surface area contributed by atoms with E-state index >= 15 is 0 Å². The summed E-state index contributed by atoms with van der Waals surface area (Å²) in [5.41, 5.74) is 0. The van der Waals surface area contributed by atoms with Crippen LogP contribution in [0.25, 0.3) is 5.82 Å². The number of aromatic nitrogens is 4. The third-order valence-electron chi connectivity index (χ3n) is 1.77. The molecule has 0 aliphatic rings. The average Bonchev–Trinajstić information content (AvgIpc) is 2.66. The molecule has 1 N–H and O–H groups in total. The Morgan fingerprint density at radius 2 is 2.27 bits per heavy atom. The second-order valence-electron chi connectivity index (χ2n) is 2.90. The van der Waals surface area contributed by atoms with E-state index in [2.05, 4.69) is 43.0 Å². The molecule has 78 valence electrons. The molecule has 15 heavy (non-hydrogen) atoms. The highest BCUT2D eigenvalue weighted by atomic mass is 127. The zero-order chi connectivity index (χ0) is 10.7. The fraction of sp³-hybridized carbons (Fsp3) is 0.222. The van der Waals surface area contributed by atoms with Gasteiger partial charge in [-0.3, -0.25) is 4.98 Å². The molecular formula is C9H10IN5. The van der Waals surface area contributed by atoms with E-state index in [-0.39, 0.29) is 0 Å². The average molecular weight is 315 g/mol. The summed E-state index contributed by atoms with van der Waals surface area (Å²) in [4.78, 5) is 8.47. The van der Waals surface area contributed by atoms with Crippen LogP contribution in [-0.4, -0.2) is 26.3 Å². The van der Waals surface area contributed by atoms with Crippen molar-refractivity contribution in [1.29, 1.82) is 0 Å². The minimum Gasteiger partial charge on any atom is -0.369 e. The molecule has 0 unspecified atom stereocenters. The normalized spacial score (nSPS) is 10.3. The SMILES string of the molecule is CCNc1cncc(-n2cc(I)cn2)n1.